The van der Waals surface area contributed by atoms with E-state index in [2.05, 4.69) is 21.4 Å². The van der Waals surface area contributed by atoms with Crippen LogP contribution >= 0.6 is 34.7 Å². The summed E-state index contributed by atoms with van der Waals surface area (Å²) in [6.45, 7) is 3.95. The van der Waals surface area contributed by atoms with E-state index in [1.165, 1.54) is 16.6 Å². The molecule has 0 saturated carbocycles. The maximum atomic E-state index is 12.2. The smallest absolute Gasteiger partial charge is 0.234 e. The molecule has 0 atom stereocenters. The Bertz CT molecular complexity index is 879. The van der Waals surface area contributed by atoms with Crippen LogP contribution in [-0.2, 0) is 4.79 Å². The molecule has 2 heterocycles. The number of carbonyl (C=O) groups excluding carboxylic acids is 1. The molecule has 3 aromatic rings. The second-order valence-corrected chi connectivity index (χ2v) is 7.69. The van der Waals surface area contributed by atoms with Gasteiger partial charge in [-0.15, -0.1) is 11.3 Å². The number of benzene rings is 1. The van der Waals surface area contributed by atoms with E-state index < -0.39 is 0 Å². The third-order valence-electron chi connectivity index (χ3n) is 3.22. The van der Waals surface area contributed by atoms with E-state index in [9.17, 15) is 4.79 Å². The van der Waals surface area contributed by atoms with E-state index in [0.717, 1.165) is 26.5 Å². The first kappa shape index (κ1) is 16.2. The molecule has 118 valence electrons. The monoisotopic (exact) mass is 363 g/mol. The molecule has 1 N–H and O–H groups in total. The number of aryl methyl sites for hydroxylation is 2. The summed E-state index contributed by atoms with van der Waals surface area (Å²) in [5.74, 6) is 0.224. The zero-order chi connectivity index (χ0) is 16.4. The van der Waals surface area contributed by atoms with Crippen LogP contribution in [0.4, 0.5) is 5.69 Å². The lowest BCUT2D eigenvalue weighted by atomic mass is 10.2. The van der Waals surface area contributed by atoms with Crippen LogP contribution in [0.2, 0.25) is 5.02 Å². The minimum Gasteiger partial charge on any atom is -0.325 e. The number of thioether (sulfide) groups is 1. The Balaban J connectivity index is 1.68. The first-order chi connectivity index (χ1) is 11.0. The number of rotatable bonds is 4. The van der Waals surface area contributed by atoms with Gasteiger partial charge in [-0.2, -0.15) is 0 Å². The largest absolute Gasteiger partial charge is 0.325 e. The first-order valence-corrected chi connectivity index (χ1v) is 9.11. The highest BCUT2D eigenvalue weighted by atomic mass is 35.5. The van der Waals surface area contributed by atoms with Crippen LogP contribution in [0.15, 0.2) is 35.6 Å². The zero-order valence-electron chi connectivity index (χ0n) is 12.6. The van der Waals surface area contributed by atoms with Crippen LogP contribution in [-0.4, -0.2) is 21.6 Å². The number of carbonyl (C=O) groups is 1. The SMILES string of the molecule is Cc1cc2c(SCC(=O)Nc3ccc(Cl)cc3C)ncnc2s1. The number of nitrogens with zero attached hydrogens (tertiary/aromatic N) is 2. The van der Waals surface area contributed by atoms with Crippen LogP contribution < -0.4 is 5.32 Å². The van der Waals surface area contributed by atoms with E-state index in [1.54, 1.807) is 23.7 Å². The van der Waals surface area contributed by atoms with Crippen LogP contribution in [0.25, 0.3) is 10.2 Å². The normalized spacial score (nSPS) is 10.9. The molecule has 23 heavy (non-hydrogen) atoms. The molecule has 3 rings (SSSR count). The highest BCUT2D eigenvalue weighted by Gasteiger charge is 2.11. The lowest BCUT2D eigenvalue weighted by Crippen LogP contribution is -2.14. The predicted octanol–water partition coefficient (Wildman–Crippen LogP) is 4.69. The predicted molar refractivity (Wildman–Crippen MR) is 97.7 cm³/mol. The number of hydrogen-bond donors (Lipinski definition) is 1. The maximum Gasteiger partial charge on any atom is 0.234 e. The standard InChI is InChI=1S/C16H14ClN3OS2/c1-9-5-11(17)3-4-13(9)20-14(21)7-22-15-12-6-10(2)23-16(12)19-8-18-15/h3-6,8H,7H2,1-2H3,(H,20,21). The Morgan fingerprint density at radius 2 is 2.13 bits per heavy atom. The number of halogens is 1. The highest BCUT2D eigenvalue weighted by Crippen LogP contribution is 2.30. The van der Waals surface area contributed by atoms with Gasteiger partial charge in [-0.25, -0.2) is 9.97 Å². The van der Waals surface area contributed by atoms with Gasteiger partial charge in [0.15, 0.2) is 0 Å². The van der Waals surface area contributed by atoms with Crippen LogP contribution in [0.5, 0.6) is 0 Å². The summed E-state index contributed by atoms with van der Waals surface area (Å²) in [7, 11) is 0. The Kier molecular flexibility index (Phi) is 4.84. The molecule has 0 radical (unpaired) electrons. The number of thiophene rings is 1. The lowest BCUT2D eigenvalue weighted by molar-refractivity contribution is -0.113. The maximum absolute atomic E-state index is 12.2. The number of anilines is 1. The molecule has 2 aromatic heterocycles. The third kappa shape index (κ3) is 3.83. The van der Waals surface area contributed by atoms with Gasteiger partial charge < -0.3 is 5.32 Å². The van der Waals surface area contributed by atoms with E-state index in [-0.39, 0.29) is 5.91 Å². The van der Waals surface area contributed by atoms with Crippen molar-refractivity contribution >= 4 is 56.5 Å². The molecule has 7 heteroatoms. The van der Waals surface area contributed by atoms with Crippen LogP contribution in [0.3, 0.4) is 0 Å². The molecule has 0 bridgehead atoms. The van der Waals surface area contributed by atoms with E-state index >= 15 is 0 Å². The van der Waals surface area contributed by atoms with Gasteiger partial charge in [0.1, 0.15) is 16.2 Å². The van der Waals surface area contributed by atoms with Crippen molar-refractivity contribution in [1.29, 1.82) is 0 Å². The molecule has 0 aliphatic carbocycles. The van der Waals surface area contributed by atoms with Crippen molar-refractivity contribution in [1.82, 2.24) is 9.97 Å². The average molecular weight is 364 g/mol. The minimum atomic E-state index is -0.0702. The third-order valence-corrected chi connectivity index (χ3v) is 5.42. The van der Waals surface area contributed by atoms with Crippen molar-refractivity contribution < 1.29 is 4.79 Å². The zero-order valence-corrected chi connectivity index (χ0v) is 15.0. The Labute approximate surface area is 147 Å². The fraction of sp³-hybridized carbons (Fsp3) is 0.188. The number of aromatic nitrogens is 2. The summed E-state index contributed by atoms with van der Waals surface area (Å²) in [5, 5.41) is 5.41. The van der Waals surface area contributed by atoms with E-state index in [4.69, 9.17) is 11.6 Å². The fourth-order valence-corrected chi connectivity index (χ4v) is 4.07. The first-order valence-electron chi connectivity index (χ1n) is 6.93. The average Bonchev–Trinajstić information content (AvgIpc) is 2.88. The van der Waals surface area contributed by atoms with Gasteiger partial charge in [0, 0.05) is 21.0 Å². The molecule has 0 saturated heterocycles. The summed E-state index contributed by atoms with van der Waals surface area (Å²) in [4.78, 5) is 22.8. The molecule has 0 aliphatic heterocycles. The summed E-state index contributed by atoms with van der Waals surface area (Å²) < 4.78 is 0. The van der Waals surface area contributed by atoms with Crippen molar-refractivity contribution in [2.45, 2.75) is 18.9 Å². The van der Waals surface area contributed by atoms with E-state index in [0.29, 0.717) is 10.8 Å². The van der Waals surface area contributed by atoms with Crippen molar-refractivity contribution in [3.63, 3.8) is 0 Å². The topological polar surface area (TPSA) is 54.9 Å². The fourth-order valence-electron chi connectivity index (χ4n) is 2.16. The Morgan fingerprint density at radius 3 is 2.91 bits per heavy atom. The molecule has 4 nitrogen and oxygen atoms in total. The van der Waals surface area contributed by atoms with Gasteiger partial charge in [-0.05, 0) is 43.7 Å². The van der Waals surface area contributed by atoms with Crippen LogP contribution in [0, 0.1) is 13.8 Å². The van der Waals surface area contributed by atoms with E-state index in [1.807, 2.05) is 26.0 Å². The van der Waals surface area contributed by atoms with Crippen molar-refractivity contribution in [2.24, 2.45) is 0 Å². The number of fused-ring (bicyclic) bond motifs is 1. The molecular weight excluding hydrogens is 350 g/mol. The van der Waals surface area contributed by atoms with Gasteiger partial charge in [-0.3, -0.25) is 4.79 Å². The molecular formula is C16H14ClN3OS2. The molecule has 0 fully saturated rings. The summed E-state index contributed by atoms with van der Waals surface area (Å²) in [6, 6.07) is 7.46. The Hall–Kier alpha value is -1.63. The number of hydrogen-bond acceptors (Lipinski definition) is 5. The second kappa shape index (κ2) is 6.86. The second-order valence-electron chi connectivity index (χ2n) is 5.05. The highest BCUT2D eigenvalue weighted by molar-refractivity contribution is 8.00. The number of nitrogens with one attached hydrogen (secondary N) is 1. The quantitative estimate of drug-likeness (QED) is 0.539. The molecule has 1 aromatic carbocycles. The van der Waals surface area contributed by atoms with Gasteiger partial charge in [0.05, 0.1) is 5.75 Å². The van der Waals surface area contributed by atoms with Crippen LogP contribution in [0.1, 0.15) is 10.4 Å². The van der Waals surface area contributed by atoms with Crippen molar-refractivity contribution in [3.05, 3.63) is 46.1 Å². The van der Waals surface area contributed by atoms with Gasteiger partial charge in [-0.1, -0.05) is 23.4 Å². The summed E-state index contributed by atoms with van der Waals surface area (Å²) >= 11 is 8.97. The summed E-state index contributed by atoms with van der Waals surface area (Å²) in [5.41, 5.74) is 1.72. The molecule has 1 amide bonds. The molecule has 0 spiro atoms. The lowest BCUT2D eigenvalue weighted by Gasteiger charge is -2.08. The van der Waals surface area contributed by atoms with Crippen molar-refractivity contribution in [3.8, 4) is 0 Å². The molecule has 0 unspecified atom stereocenters. The Morgan fingerprint density at radius 1 is 1.30 bits per heavy atom. The minimum absolute atomic E-state index is 0.0702. The number of amides is 1. The van der Waals surface area contributed by atoms with Gasteiger partial charge in [0.25, 0.3) is 0 Å². The van der Waals surface area contributed by atoms with Crippen molar-refractivity contribution in [2.75, 3.05) is 11.1 Å². The summed E-state index contributed by atoms with van der Waals surface area (Å²) in [6.07, 6.45) is 1.54. The molecule has 0 aliphatic rings. The van der Waals surface area contributed by atoms with Gasteiger partial charge in [0.2, 0.25) is 5.91 Å². The van der Waals surface area contributed by atoms with Gasteiger partial charge >= 0.3 is 0 Å².